The van der Waals surface area contributed by atoms with Gasteiger partial charge in [-0.1, -0.05) is 26.0 Å². The average molecular weight is 319 g/mol. The van der Waals surface area contributed by atoms with Gasteiger partial charge in [0.05, 0.1) is 12.2 Å². The summed E-state index contributed by atoms with van der Waals surface area (Å²) in [5.41, 5.74) is 1.11. The average Bonchev–Trinajstić information content (AvgIpc) is 3.03. The van der Waals surface area contributed by atoms with E-state index in [4.69, 9.17) is 4.74 Å². The summed E-state index contributed by atoms with van der Waals surface area (Å²) in [5, 5.41) is 12.5. The minimum absolute atomic E-state index is 0.0215. The lowest BCUT2D eigenvalue weighted by molar-refractivity contribution is -0.121. The van der Waals surface area contributed by atoms with Crippen LogP contribution in [-0.2, 0) is 11.2 Å². The second-order valence-electron chi connectivity index (χ2n) is 6.79. The van der Waals surface area contributed by atoms with Gasteiger partial charge in [-0.25, -0.2) is 0 Å². The van der Waals surface area contributed by atoms with Gasteiger partial charge in [0, 0.05) is 13.0 Å². The summed E-state index contributed by atoms with van der Waals surface area (Å²) in [6.45, 7) is 4.20. The largest absolute Gasteiger partial charge is 0.490 e. The summed E-state index contributed by atoms with van der Waals surface area (Å²) in [6, 6.07) is 8.03. The van der Waals surface area contributed by atoms with E-state index in [2.05, 4.69) is 5.32 Å². The maximum absolute atomic E-state index is 11.9. The Hall–Kier alpha value is -1.55. The monoisotopic (exact) mass is 319 g/mol. The number of nitrogens with one attached hydrogen (secondary N) is 1. The molecular weight excluding hydrogens is 290 g/mol. The molecule has 4 heteroatoms. The van der Waals surface area contributed by atoms with Crippen LogP contribution in [0.1, 0.15) is 51.5 Å². The fourth-order valence-electron chi connectivity index (χ4n) is 2.77. The first-order chi connectivity index (χ1) is 11.0. The predicted molar refractivity (Wildman–Crippen MR) is 91.5 cm³/mol. The molecule has 0 saturated heterocycles. The first kappa shape index (κ1) is 17.8. The smallest absolute Gasteiger partial charge is 0.220 e. The van der Waals surface area contributed by atoms with Crippen LogP contribution < -0.4 is 10.1 Å². The highest BCUT2D eigenvalue weighted by Crippen LogP contribution is 2.24. The third kappa shape index (κ3) is 6.22. The Balaban J connectivity index is 1.75. The molecule has 1 aliphatic carbocycles. The summed E-state index contributed by atoms with van der Waals surface area (Å²) in [4.78, 5) is 11.9. The lowest BCUT2D eigenvalue weighted by atomic mass is 10.1. The molecule has 1 amide bonds. The summed E-state index contributed by atoms with van der Waals surface area (Å²) in [7, 11) is 0. The Morgan fingerprint density at radius 2 is 2.09 bits per heavy atom. The van der Waals surface area contributed by atoms with Crippen molar-refractivity contribution in [2.75, 3.05) is 6.54 Å². The number of aryl methyl sites for hydroxylation is 1. The minimum Gasteiger partial charge on any atom is -0.490 e. The number of rotatable bonds is 8. The maximum atomic E-state index is 11.9. The SMILES string of the molecule is CC(C)C(O)CNC(=O)CCc1cccc(OC2CCCC2)c1. The van der Waals surface area contributed by atoms with Gasteiger partial charge in [0.2, 0.25) is 5.91 Å². The molecule has 1 aromatic rings. The summed E-state index contributed by atoms with van der Waals surface area (Å²) in [6.07, 6.45) is 5.78. The number of ether oxygens (including phenoxy) is 1. The van der Waals surface area contributed by atoms with Gasteiger partial charge in [-0.15, -0.1) is 0 Å². The number of aliphatic hydroxyl groups excluding tert-OH is 1. The molecule has 0 aliphatic heterocycles. The Bertz CT molecular complexity index is 495. The molecule has 1 atom stereocenters. The molecule has 0 radical (unpaired) electrons. The second-order valence-corrected chi connectivity index (χ2v) is 6.79. The zero-order valence-electron chi connectivity index (χ0n) is 14.3. The van der Waals surface area contributed by atoms with Gasteiger partial charge >= 0.3 is 0 Å². The topological polar surface area (TPSA) is 58.6 Å². The molecule has 4 nitrogen and oxygen atoms in total. The number of hydrogen-bond acceptors (Lipinski definition) is 3. The first-order valence-electron chi connectivity index (χ1n) is 8.75. The van der Waals surface area contributed by atoms with Crippen LogP contribution in [0.3, 0.4) is 0 Å². The van der Waals surface area contributed by atoms with Crippen molar-refractivity contribution in [2.45, 2.75) is 64.6 Å². The lowest BCUT2D eigenvalue weighted by Gasteiger charge is -2.15. The van der Waals surface area contributed by atoms with Crippen LogP contribution >= 0.6 is 0 Å². The van der Waals surface area contributed by atoms with Crippen LogP contribution in [0.5, 0.6) is 5.75 Å². The molecular formula is C19H29NO3. The molecule has 0 aromatic heterocycles. The Morgan fingerprint density at radius 1 is 1.35 bits per heavy atom. The van der Waals surface area contributed by atoms with E-state index in [1.807, 2.05) is 38.1 Å². The number of carbonyl (C=O) groups excluding carboxylic acids is 1. The molecule has 2 N–H and O–H groups in total. The van der Waals surface area contributed by atoms with Crippen molar-refractivity contribution >= 4 is 5.91 Å². The van der Waals surface area contributed by atoms with Crippen molar-refractivity contribution in [1.82, 2.24) is 5.32 Å². The summed E-state index contributed by atoms with van der Waals surface area (Å²) in [5.74, 6) is 1.04. The molecule has 1 fully saturated rings. The van der Waals surface area contributed by atoms with Crippen LogP contribution in [0.4, 0.5) is 0 Å². The van der Waals surface area contributed by atoms with Crippen molar-refractivity contribution in [2.24, 2.45) is 5.92 Å². The first-order valence-corrected chi connectivity index (χ1v) is 8.75. The molecule has 0 bridgehead atoms. The molecule has 128 valence electrons. The zero-order chi connectivity index (χ0) is 16.7. The Labute approximate surface area is 139 Å². The van der Waals surface area contributed by atoms with Crippen molar-refractivity contribution in [3.05, 3.63) is 29.8 Å². The Morgan fingerprint density at radius 3 is 2.78 bits per heavy atom. The fraction of sp³-hybridized carbons (Fsp3) is 0.632. The summed E-state index contributed by atoms with van der Waals surface area (Å²) < 4.78 is 5.99. The van der Waals surface area contributed by atoms with Crippen molar-refractivity contribution in [3.63, 3.8) is 0 Å². The van der Waals surface area contributed by atoms with Gasteiger partial charge < -0.3 is 15.2 Å². The van der Waals surface area contributed by atoms with Crippen LogP contribution in [0.15, 0.2) is 24.3 Å². The third-order valence-corrected chi connectivity index (χ3v) is 4.42. The highest BCUT2D eigenvalue weighted by molar-refractivity contribution is 5.76. The number of benzene rings is 1. The normalized spacial score (nSPS) is 16.5. The molecule has 23 heavy (non-hydrogen) atoms. The minimum atomic E-state index is -0.484. The van der Waals surface area contributed by atoms with Crippen LogP contribution in [0, 0.1) is 5.92 Å². The fourth-order valence-corrected chi connectivity index (χ4v) is 2.77. The third-order valence-electron chi connectivity index (χ3n) is 4.42. The number of aliphatic hydroxyl groups is 1. The van der Waals surface area contributed by atoms with Gasteiger partial charge in [-0.3, -0.25) is 4.79 Å². The van der Waals surface area contributed by atoms with E-state index in [0.29, 0.717) is 25.5 Å². The quantitative estimate of drug-likeness (QED) is 0.774. The molecule has 0 spiro atoms. The van der Waals surface area contributed by atoms with E-state index in [1.54, 1.807) is 0 Å². The van der Waals surface area contributed by atoms with Gasteiger partial charge in [0.1, 0.15) is 5.75 Å². The molecule has 1 aromatic carbocycles. The van der Waals surface area contributed by atoms with E-state index < -0.39 is 6.10 Å². The van der Waals surface area contributed by atoms with Crippen LogP contribution in [0.2, 0.25) is 0 Å². The Kier molecular flexibility index (Phi) is 6.90. The van der Waals surface area contributed by atoms with E-state index in [9.17, 15) is 9.90 Å². The zero-order valence-corrected chi connectivity index (χ0v) is 14.3. The van der Waals surface area contributed by atoms with Gasteiger partial charge in [0.25, 0.3) is 0 Å². The van der Waals surface area contributed by atoms with Crippen molar-refractivity contribution in [1.29, 1.82) is 0 Å². The molecule has 2 rings (SSSR count). The predicted octanol–water partition coefficient (Wildman–Crippen LogP) is 3.07. The van der Waals surface area contributed by atoms with Crippen molar-refractivity contribution in [3.8, 4) is 5.75 Å². The number of hydrogen-bond donors (Lipinski definition) is 2. The van der Waals surface area contributed by atoms with Crippen molar-refractivity contribution < 1.29 is 14.6 Å². The number of amides is 1. The highest BCUT2D eigenvalue weighted by atomic mass is 16.5. The molecule has 0 heterocycles. The standard InChI is InChI=1S/C19H29NO3/c1-14(2)18(21)13-20-19(22)11-10-15-6-5-9-17(12-15)23-16-7-3-4-8-16/h5-6,9,12,14,16,18,21H,3-4,7-8,10-11,13H2,1-2H3,(H,20,22). The van der Waals surface area contributed by atoms with Crippen LogP contribution in [0.25, 0.3) is 0 Å². The van der Waals surface area contributed by atoms with E-state index in [-0.39, 0.29) is 11.8 Å². The van der Waals surface area contributed by atoms with Crippen LogP contribution in [-0.4, -0.2) is 29.8 Å². The number of carbonyl (C=O) groups is 1. The highest BCUT2D eigenvalue weighted by Gasteiger charge is 2.16. The molecule has 1 saturated carbocycles. The van der Waals surface area contributed by atoms with Gasteiger partial charge in [-0.2, -0.15) is 0 Å². The van der Waals surface area contributed by atoms with E-state index in [1.165, 1.54) is 12.8 Å². The molecule has 1 unspecified atom stereocenters. The maximum Gasteiger partial charge on any atom is 0.220 e. The second kappa shape index (κ2) is 8.92. The van der Waals surface area contributed by atoms with E-state index >= 15 is 0 Å². The van der Waals surface area contributed by atoms with E-state index in [0.717, 1.165) is 24.2 Å². The molecule has 1 aliphatic rings. The lowest BCUT2D eigenvalue weighted by Crippen LogP contribution is -2.34. The summed E-state index contributed by atoms with van der Waals surface area (Å²) >= 11 is 0. The van der Waals surface area contributed by atoms with Gasteiger partial charge in [-0.05, 0) is 55.7 Å². The van der Waals surface area contributed by atoms with Gasteiger partial charge in [0.15, 0.2) is 0 Å².